The Hall–Kier alpha value is 0.898. The van der Waals surface area contributed by atoms with E-state index in [-0.39, 0.29) is 35.6 Å². The Balaban J connectivity index is 2.81. The summed E-state index contributed by atoms with van der Waals surface area (Å²) in [5, 5.41) is 2.54. The average Bonchev–Trinajstić information content (AvgIpc) is 2.29. The van der Waals surface area contributed by atoms with Crippen LogP contribution in [0.2, 0.25) is 14.9 Å². The number of rotatable bonds is 6. The summed E-state index contributed by atoms with van der Waals surface area (Å²) in [5.41, 5.74) is 1.37. The molecule has 0 bridgehead atoms. The average molecular weight is 510 g/mol. The first-order chi connectivity index (χ1) is 8.36. The zero-order chi connectivity index (χ0) is 13.8. The summed E-state index contributed by atoms with van der Waals surface area (Å²) < 4.78 is 1.77. The third-order valence-corrected chi connectivity index (χ3v) is 47.7. The molecule has 0 radical (unpaired) electrons. The van der Waals surface area contributed by atoms with E-state index in [1.807, 2.05) is 0 Å². The first-order valence-corrected chi connectivity index (χ1v) is 20.7. The molecule has 1 saturated heterocycles. The number of allylic oxidation sites excluding steroid dienone is 2. The van der Waals surface area contributed by atoms with Crippen LogP contribution in [0.15, 0.2) is 24.3 Å². The van der Waals surface area contributed by atoms with Crippen LogP contribution in [0.3, 0.4) is 0 Å². The number of hydrogen-bond donors (Lipinski definition) is 0. The summed E-state index contributed by atoms with van der Waals surface area (Å²) >= 11 is 0.748. The summed E-state index contributed by atoms with van der Waals surface area (Å²) in [6.07, 6.45) is 1.25. The second-order valence-electron chi connectivity index (χ2n) is 4.13. The van der Waals surface area contributed by atoms with Gasteiger partial charge in [0.15, 0.2) is 0 Å². The van der Waals surface area contributed by atoms with Gasteiger partial charge in [0, 0.05) is 0 Å². The molecule has 0 atom stereocenters. The molecule has 0 aromatic rings. The maximum atomic E-state index is 12.0. The number of carbonyl (C=O) groups is 2. The van der Waals surface area contributed by atoms with Gasteiger partial charge in [-0.1, -0.05) is 0 Å². The maximum absolute atomic E-state index is 12.0. The first-order valence-electron chi connectivity index (χ1n) is 5.51. The van der Waals surface area contributed by atoms with Crippen LogP contribution in [-0.4, -0.2) is 59.8 Å². The molecule has 18 heavy (non-hydrogen) atoms. The summed E-state index contributed by atoms with van der Waals surface area (Å²) in [6, 6.07) is 0. The van der Waals surface area contributed by atoms with E-state index in [0.717, 1.165) is 0 Å². The van der Waals surface area contributed by atoms with Crippen LogP contribution in [0.5, 0.6) is 0 Å². The molecular formula is C12H18O2Se4. The van der Waals surface area contributed by atoms with E-state index in [1.165, 1.54) is 21.3 Å². The molecule has 1 heterocycles. The van der Waals surface area contributed by atoms with Crippen LogP contribution in [0.4, 0.5) is 0 Å². The van der Waals surface area contributed by atoms with Crippen molar-refractivity contribution < 1.29 is 9.59 Å². The van der Waals surface area contributed by atoms with Crippen molar-refractivity contribution >= 4 is 59.8 Å². The predicted molar refractivity (Wildman–Crippen MR) is 81.7 cm³/mol. The van der Waals surface area contributed by atoms with Crippen molar-refractivity contribution in [3.8, 4) is 0 Å². The monoisotopic (exact) mass is 514 g/mol. The number of hydrogen-bond acceptors (Lipinski definition) is 2. The topological polar surface area (TPSA) is 34.1 Å². The van der Waals surface area contributed by atoms with Gasteiger partial charge in [-0.2, -0.15) is 0 Å². The van der Waals surface area contributed by atoms with Gasteiger partial charge in [0.05, 0.1) is 0 Å². The van der Waals surface area contributed by atoms with E-state index in [4.69, 9.17) is 0 Å². The van der Waals surface area contributed by atoms with Crippen molar-refractivity contribution in [2.75, 3.05) is 0 Å². The fraction of sp³-hybridized carbons (Fsp3) is 0.500. The van der Waals surface area contributed by atoms with E-state index < -0.39 is 9.19 Å². The van der Waals surface area contributed by atoms with Crippen molar-refractivity contribution in [1.82, 2.24) is 0 Å². The molecule has 0 amide bonds. The molecule has 6 heteroatoms. The molecule has 0 saturated carbocycles. The molecule has 0 aromatic heterocycles. The van der Waals surface area contributed by atoms with Gasteiger partial charge >= 0.3 is 129 Å². The Morgan fingerprint density at radius 3 is 1.94 bits per heavy atom. The van der Waals surface area contributed by atoms with Crippen LogP contribution < -0.4 is 0 Å². The molecular weight excluding hydrogens is 492 g/mol. The molecule has 102 valence electrons. The standard InChI is InChI=1S/C12H18O2Se4/c1-9(2)11(13)16-18(7-5-6-15-8-18)17-12(14)10(3)4/h1,3,5-8H2,2,4H3. The second-order valence-corrected chi connectivity index (χ2v) is 38.2. The molecule has 2 nitrogen and oxygen atoms in total. The molecule has 1 rings (SSSR count). The molecule has 1 aliphatic heterocycles. The molecule has 1 fully saturated rings. The van der Waals surface area contributed by atoms with Crippen LogP contribution in [0, 0.1) is 0 Å². The Labute approximate surface area is 128 Å². The van der Waals surface area contributed by atoms with Crippen molar-refractivity contribution in [2.45, 2.75) is 35.1 Å². The summed E-state index contributed by atoms with van der Waals surface area (Å²) in [6.45, 7) is 11.1. The van der Waals surface area contributed by atoms with Gasteiger partial charge in [0.1, 0.15) is 0 Å². The molecule has 1 aliphatic rings. The minimum absolute atomic E-state index is 0.0373. The summed E-state index contributed by atoms with van der Waals surface area (Å²) in [7, 11) is -1.80. The first kappa shape index (κ1) is 17.0. The molecule has 0 aliphatic carbocycles. The zero-order valence-corrected chi connectivity index (χ0v) is 17.5. The SMILES string of the molecule is C=C(C)C(=O)[Se][Se]1([Se]C(=O)C(=C)C)CCC[Se]C1. The van der Waals surface area contributed by atoms with Crippen LogP contribution >= 0.6 is 0 Å². The third-order valence-electron chi connectivity index (χ3n) is 2.16. The quantitative estimate of drug-likeness (QED) is 0.402. The van der Waals surface area contributed by atoms with Gasteiger partial charge in [-0.3, -0.25) is 0 Å². The Morgan fingerprint density at radius 2 is 1.61 bits per heavy atom. The van der Waals surface area contributed by atoms with E-state index >= 15 is 0 Å². The third kappa shape index (κ3) is 5.11. The van der Waals surface area contributed by atoms with Crippen LogP contribution in [0.25, 0.3) is 0 Å². The summed E-state index contributed by atoms with van der Waals surface area (Å²) in [4.78, 5) is 24.0. The normalized spacial score (nSPS) is 19.9. The van der Waals surface area contributed by atoms with E-state index in [0.29, 0.717) is 26.1 Å². The Morgan fingerprint density at radius 1 is 1.11 bits per heavy atom. The zero-order valence-electron chi connectivity index (χ0n) is 10.7. The van der Waals surface area contributed by atoms with Gasteiger partial charge in [-0.25, -0.2) is 0 Å². The van der Waals surface area contributed by atoms with E-state index in [1.54, 1.807) is 13.8 Å². The van der Waals surface area contributed by atoms with Crippen LogP contribution in [-0.2, 0) is 9.59 Å². The van der Waals surface area contributed by atoms with Gasteiger partial charge in [0.2, 0.25) is 0 Å². The predicted octanol–water partition coefficient (Wildman–Crippen LogP) is 1.53. The van der Waals surface area contributed by atoms with E-state index in [9.17, 15) is 9.59 Å². The summed E-state index contributed by atoms with van der Waals surface area (Å²) in [5.74, 6) is 0. The fourth-order valence-corrected chi connectivity index (χ4v) is 49.8. The Bertz CT molecular complexity index is 354. The second kappa shape index (κ2) is 7.62. The van der Waals surface area contributed by atoms with Gasteiger partial charge < -0.3 is 0 Å². The fourth-order valence-electron chi connectivity index (χ4n) is 1.19. The van der Waals surface area contributed by atoms with Crippen LogP contribution in [0.1, 0.15) is 20.3 Å². The molecule has 0 N–H and O–H groups in total. The minimum atomic E-state index is -1.80. The Kier molecular flexibility index (Phi) is 7.18. The van der Waals surface area contributed by atoms with Gasteiger partial charge in [-0.15, -0.1) is 0 Å². The van der Waals surface area contributed by atoms with Gasteiger partial charge in [0.25, 0.3) is 0 Å². The van der Waals surface area contributed by atoms with Crippen molar-refractivity contribution in [3.63, 3.8) is 0 Å². The molecule has 0 unspecified atom stereocenters. The van der Waals surface area contributed by atoms with Crippen molar-refractivity contribution in [3.05, 3.63) is 24.3 Å². The van der Waals surface area contributed by atoms with Crippen molar-refractivity contribution in [1.29, 1.82) is 0 Å². The van der Waals surface area contributed by atoms with Crippen molar-refractivity contribution in [2.24, 2.45) is 0 Å². The molecule has 0 spiro atoms. The van der Waals surface area contributed by atoms with E-state index in [2.05, 4.69) is 13.2 Å². The number of carbonyl (C=O) groups excluding carboxylic acids is 2. The van der Waals surface area contributed by atoms with Gasteiger partial charge in [-0.05, 0) is 0 Å². The molecule has 0 aromatic carbocycles.